The first-order chi connectivity index (χ1) is 9.19. The van der Waals surface area contributed by atoms with Crippen LogP contribution in [0.4, 0.5) is 0 Å². The molecule has 7 heteroatoms. The van der Waals surface area contributed by atoms with Gasteiger partial charge in [0.15, 0.2) is 0 Å². The average molecular weight is 290 g/mol. The first kappa shape index (κ1) is 18.4. The van der Waals surface area contributed by atoms with Crippen molar-refractivity contribution in [3.05, 3.63) is 0 Å². The van der Waals surface area contributed by atoms with Crippen LogP contribution in [0.25, 0.3) is 0 Å². The Labute approximate surface area is 117 Å². The zero-order valence-corrected chi connectivity index (χ0v) is 12.0. The van der Waals surface area contributed by atoms with Crippen molar-refractivity contribution >= 4 is 17.9 Å². The lowest BCUT2D eigenvalue weighted by atomic mass is 9.71. The van der Waals surface area contributed by atoms with Gasteiger partial charge in [0.1, 0.15) is 6.61 Å². The molecule has 0 aromatic carbocycles. The normalized spacial score (nSPS) is 12.2. The molecule has 0 bridgehead atoms. The lowest BCUT2D eigenvalue weighted by Crippen LogP contribution is -2.53. The minimum Gasteiger partial charge on any atom is -0.480 e. The van der Waals surface area contributed by atoms with E-state index in [2.05, 4.69) is 0 Å². The molecule has 7 nitrogen and oxygen atoms in total. The molecule has 0 rings (SSSR count). The zero-order valence-electron chi connectivity index (χ0n) is 12.0. The molecule has 116 valence electrons. The van der Waals surface area contributed by atoms with Crippen molar-refractivity contribution in [2.45, 2.75) is 52.1 Å². The molecule has 0 atom stereocenters. The molecule has 0 aliphatic carbocycles. The number of hydrogen-bond donors (Lipinski definition) is 3. The van der Waals surface area contributed by atoms with E-state index in [1.165, 1.54) is 0 Å². The number of carboxylic acid groups (broad SMARTS) is 3. The summed E-state index contributed by atoms with van der Waals surface area (Å²) in [6, 6.07) is 0. The van der Waals surface area contributed by atoms with E-state index in [1.807, 2.05) is 20.8 Å². The Bertz CT molecular complexity index is 349. The maximum absolute atomic E-state index is 11.4. The quantitative estimate of drug-likeness (QED) is 0.522. The molecule has 0 aromatic heterocycles. The lowest BCUT2D eigenvalue weighted by molar-refractivity contribution is -0.191. The first-order valence-corrected chi connectivity index (χ1v) is 6.52. The second-order valence-electron chi connectivity index (χ2n) is 4.86. The van der Waals surface area contributed by atoms with Crippen molar-refractivity contribution < 1.29 is 34.4 Å². The number of carboxylic acids is 3. The van der Waals surface area contributed by atoms with Gasteiger partial charge in [-0.15, -0.1) is 0 Å². The second kappa shape index (κ2) is 7.23. The number of carbonyl (C=O) groups is 3. The molecule has 0 spiro atoms. The highest BCUT2D eigenvalue weighted by molar-refractivity contribution is 6.02. The Morgan fingerprint density at radius 1 is 0.900 bits per heavy atom. The molecule has 0 amide bonds. The van der Waals surface area contributed by atoms with Gasteiger partial charge >= 0.3 is 17.9 Å². The highest BCUT2D eigenvalue weighted by Gasteiger charge is 2.52. The van der Waals surface area contributed by atoms with Crippen molar-refractivity contribution in [1.82, 2.24) is 0 Å². The second-order valence-corrected chi connectivity index (χ2v) is 4.86. The summed E-state index contributed by atoms with van der Waals surface area (Å²) in [6.45, 7) is 4.57. The SMILES string of the molecule is CCC(CC)(CC)CC(OCC(=O)O)(C(=O)O)C(=O)O. The molecule has 0 saturated heterocycles. The first-order valence-electron chi connectivity index (χ1n) is 6.52. The van der Waals surface area contributed by atoms with Gasteiger partial charge in [0.2, 0.25) is 0 Å². The fraction of sp³-hybridized carbons (Fsp3) is 0.769. The van der Waals surface area contributed by atoms with E-state index in [-0.39, 0.29) is 6.42 Å². The molecule has 0 aliphatic heterocycles. The minimum atomic E-state index is -2.53. The van der Waals surface area contributed by atoms with Crippen LogP contribution in [0.15, 0.2) is 0 Å². The van der Waals surface area contributed by atoms with Gasteiger partial charge in [-0.2, -0.15) is 0 Å². The van der Waals surface area contributed by atoms with Crippen molar-refractivity contribution in [2.24, 2.45) is 5.41 Å². The van der Waals surface area contributed by atoms with Crippen molar-refractivity contribution in [1.29, 1.82) is 0 Å². The summed E-state index contributed by atoms with van der Waals surface area (Å²) >= 11 is 0. The van der Waals surface area contributed by atoms with Gasteiger partial charge in [0.05, 0.1) is 0 Å². The van der Waals surface area contributed by atoms with Gasteiger partial charge in [0.25, 0.3) is 5.60 Å². The topological polar surface area (TPSA) is 121 Å². The fourth-order valence-corrected chi connectivity index (χ4v) is 2.26. The summed E-state index contributed by atoms with van der Waals surface area (Å²) in [6.07, 6.45) is 1.48. The van der Waals surface area contributed by atoms with Gasteiger partial charge in [-0.3, -0.25) is 0 Å². The van der Waals surface area contributed by atoms with Gasteiger partial charge in [0, 0.05) is 6.42 Å². The summed E-state index contributed by atoms with van der Waals surface area (Å²) in [5.74, 6) is -4.76. The predicted molar refractivity (Wildman–Crippen MR) is 69.5 cm³/mol. The Kier molecular flexibility index (Phi) is 6.64. The largest absolute Gasteiger partial charge is 0.480 e. The van der Waals surface area contributed by atoms with E-state index in [1.54, 1.807) is 0 Å². The maximum Gasteiger partial charge on any atom is 0.347 e. The van der Waals surface area contributed by atoms with Crippen molar-refractivity contribution in [3.63, 3.8) is 0 Å². The van der Waals surface area contributed by atoms with Crippen molar-refractivity contribution in [3.8, 4) is 0 Å². The van der Waals surface area contributed by atoms with E-state index in [0.29, 0.717) is 19.3 Å². The molecular formula is C13H22O7. The highest BCUT2D eigenvalue weighted by Crippen LogP contribution is 2.40. The van der Waals surface area contributed by atoms with Crippen LogP contribution < -0.4 is 0 Å². The monoisotopic (exact) mass is 290 g/mol. The standard InChI is InChI=1S/C13H22O7/c1-4-12(5-2,6-3)8-13(10(16)17,11(18)19)20-7-9(14)15/h4-8H2,1-3H3,(H,14,15)(H,16,17)(H,18,19). The van der Waals surface area contributed by atoms with Crippen LogP contribution >= 0.6 is 0 Å². The van der Waals surface area contributed by atoms with Crippen LogP contribution in [-0.2, 0) is 19.1 Å². The van der Waals surface area contributed by atoms with E-state index < -0.39 is 35.5 Å². The van der Waals surface area contributed by atoms with Crippen LogP contribution in [0.1, 0.15) is 46.5 Å². The molecule has 3 N–H and O–H groups in total. The summed E-state index contributed by atoms with van der Waals surface area (Å²) in [7, 11) is 0. The van der Waals surface area contributed by atoms with Crippen LogP contribution in [0.5, 0.6) is 0 Å². The molecule has 0 heterocycles. The van der Waals surface area contributed by atoms with Crippen molar-refractivity contribution in [2.75, 3.05) is 6.61 Å². The lowest BCUT2D eigenvalue weighted by Gasteiger charge is -2.37. The maximum atomic E-state index is 11.4. The summed E-state index contributed by atoms with van der Waals surface area (Å²) in [5.41, 5.74) is -3.05. The number of ether oxygens (including phenoxy) is 1. The Morgan fingerprint density at radius 2 is 1.30 bits per heavy atom. The van der Waals surface area contributed by atoms with Gasteiger partial charge in [-0.1, -0.05) is 40.0 Å². The molecule has 0 aliphatic rings. The average Bonchev–Trinajstić information content (AvgIpc) is 2.39. The number of hydrogen-bond acceptors (Lipinski definition) is 4. The van der Waals surface area contributed by atoms with E-state index in [4.69, 9.17) is 9.84 Å². The molecular weight excluding hydrogens is 268 g/mol. The summed E-state index contributed by atoms with van der Waals surface area (Å²) in [4.78, 5) is 33.4. The van der Waals surface area contributed by atoms with Crippen LogP contribution in [0.2, 0.25) is 0 Å². The summed E-state index contributed by atoms with van der Waals surface area (Å²) < 4.78 is 4.78. The zero-order chi connectivity index (χ0) is 16.0. The van der Waals surface area contributed by atoms with E-state index in [0.717, 1.165) is 0 Å². The van der Waals surface area contributed by atoms with Crippen LogP contribution in [0, 0.1) is 5.41 Å². The molecule has 20 heavy (non-hydrogen) atoms. The molecule has 0 unspecified atom stereocenters. The Morgan fingerprint density at radius 3 is 1.55 bits per heavy atom. The fourth-order valence-electron chi connectivity index (χ4n) is 2.26. The molecule has 0 saturated carbocycles. The van der Waals surface area contributed by atoms with E-state index >= 15 is 0 Å². The molecule has 0 radical (unpaired) electrons. The number of aliphatic carboxylic acids is 3. The number of rotatable bonds is 10. The third-order valence-corrected chi connectivity index (χ3v) is 4.01. The Balaban J connectivity index is 5.55. The van der Waals surface area contributed by atoms with Gasteiger partial charge in [-0.25, -0.2) is 14.4 Å². The highest BCUT2D eigenvalue weighted by atomic mass is 16.6. The van der Waals surface area contributed by atoms with Gasteiger partial charge in [-0.05, 0) is 5.41 Å². The third kappa shape index (κ3) is 3.93. The van der Waals surface area contributed by atoms with Crippen LogP contribution in [-0.4, -0.2) is 45.4 Å². The Hall–Kier alpha value is -1.63. The molecule has 0 aromatic rings. The van der Waals surface area contributed by atoms with Crippen LogP contribution in [0.3, 0.4) is 0 Å². The smallest absolute Gasteiger partial charge is 0.347 e. The molecule has 0 fully saturated rings. The summed E-state index contributed by atoms with van der Waals surface area (Å²) in [5, 5.41) is 27.1. The van der Waals surface area contributed by atoms with E-state index in [9.17, 15) is 24.6 Å². The van der Waals surface area contributed by atoms with Gasteiger partial charge < -0.3 is 20.1 Å². The predicted octanol–water partition coefficient (Wildman–Crippen LogP) is 1.60. The third-order valence-electron chi connectivity index (χ3n) is 4.01. The minimum absolute atomic E-state index is 0.262.